The van der Waals surface area contributed by atoms with E-state index in [1.165, 1.54) is 16.3 Å². The molecule has 3 rings (SSSR count). The van der Waals surface area contributed by atoms with Crippen LogP contribution in [0, 0.1) is 0 Å². The second-order valence-corrected chi connectivity index (χ2v) is 7.36. The van der Waals surface area contributed by atoms with E-state index in [-0.39, 0.29) is 17.2 Å². The number of para-hydroxylation sites is 1. The van der Waals surface area contributed by atoms with E-state index in [1.54, 1.807) is 41.6 Å². The van der Waals surface area contributed by atoms with Crippen molar-refractivity contribution in [1.82, 2.24) is 19.4 Å². The fourth-order valence-electron chi connectivity index (χ4n) is 2.84. The molecule has 0 radical (unpaired) electrons. The summed E-state index contributed by atoms with van der Waals surface area (Å²) in [6.45, 7) is 8.84. The molecule has 0 unspecified atom stereocenters. The number of nitrogens with zero attached hydrogens (tertiary/aromatic N) is 4. The fraction of sp³-hybridized carbons (Fsp3) is 0.238. The average Bonchev–Trinajstić information content (AvgIpc) is 2.70. The molecule has 28 heavy (non-hydrogen) atoms. The fourth-order valence-corrected chi connectivity index (χ4v) is 3.76. The third kappa shape index (κ3) is 4.31. The maximum atomic E-state index is 13.1. The first-order valence-corrected chi connectivity index (χ1v) is 9.97. The largest absolute Gasteiger partial charge is 0.338 e. The zero-order valence-electron chi connectivity index (χ0n) is 16.0. The van der Waals surface area contributed by atoms with Gasteiger partial charge in [0.2, 0.25) is 5.91 Å². The molecule has 0 aliphatic rings. The predicted octanol–water partition coefficient (Wildman–Crippen LogP) is 3.30. The van der Waals surface area contributed by atoms with Crippen molar-refractivity contribution in [2.45, 2.75) is 19.0 Å². The number of likely N-dealkylation sites (N-methyl/N-ethyl adjacent to an activating group) is 1. The van der Waals surface area contributed by atoms with Crippen LogP contribution < -0.4 is 5.56 Å². The van der Waals surface area contributed by atoms with Crippen LogP contribution in [-0.4, -0.2) is 44.2 Å². The van der Waals surface area contributed by atoms with Crippen LogP contribution >= 0.6 is 11.8 Å². The van der Waals surface area contributed by atoms with Gasteiger partial charge in [-0.25, -0.2) is 4.98 Å². The Balaban J connectivity index is 1.99. The highest BCUT2D eigenvalue weighted by Gasteiger charge is 2.17. The van der Waals surface area contributed by atoms with Crippen LogP contribution in [0.1, 0.15) is 13.8 Å². The van der Waals surface area contributed by atoms with Crippen molar-refractivity contribution in [2.24, 2.45) is 0 Å². The number of rotatable bonds is 7. The summed E-state index contributed by atoms with van der Waals surface area (Å²) in [6.07, 6.45) is 3.26. The maximum Gasteiger partial charge on any atom is 0.266 e. The monoisotopic (exact) mass is 394 g/mol. The van der Waals surface area contributed by atoms with Gasteiger partial charge in [0.1, 0.15) is 0 Å². The highest BCUT2D eigenvalue weighted by molar-refractivity contribution is 7.99. The Morgan fingerprint density at radius 2 is 2.04 bits per heavy atom. The van der Waals surface area contributed by atoms with Gasteiger partial charge in [0.25, 0.3) is 5.56 Å². The maximum absolute atomic E-state index is 13.1. The molecule has 0 N–H and O–H groups in total. The lowest BCUT2D eigenvalue weighted by atomic mass is 10.2. The number of carbonyl (C=O) groups excluding carboxylic acids is 1. The second-order valence-electron chi connectivity index (χ2n) is 6.42. The molecule has 6 nitrogen and oxygen atoms in total. The molecule has 7 heteroatoms. The first-order valence-electron chi connectivity index (χ1n) is 8.98. The summed E-state index contributed by atoms with van der Waals surface area (Å²) in [6, 6.07) is 10.8. The van der Waals surface area contributed by atoms with Crippen molar-refractivity contribution in [3.05, 3.63) is 71.3 Å². The van der Waals surface area contributed by atoms with Gasteiger partial charge in [-0.1, -0.05) is 36.0 Å². The van der Waals surface area contributed by atoms with E-state index in [9.17, 15) is 9.59 Å². The predicted molar refractivity (Wildman–Crippen MR) is 113 cm³/mol. The Kier molecular flexibility index (Phi) is 6.26. The number of thioether (sulfide) groups is 1. The summed E-state index contributed by atoms with van der Waals surface area (Å²) in [5, 5.41) is 0.996. The molecule has 0 aliphatic heterocycles. The highest BCUT2D eigenvalue weighted by Crippen LogP contribution is 2.21. The standard InChI is InChI=1S/C21H22N4O2S/c1-4-24(13-15(2)3)19(26)14-28-21-23-18-10-6-5-9-17(18)20(27)25(21)16-8-7-11-22-12-16/h5-12H,2,4,13-14H2,1,3H3. The Bertz CT molecular complexity index is 1060. The van der Waals surface area contributed by atoms with Crippen LogP contribution in [0.25, 0.3) is 16.6 Å². The molecule has 1 aromatic carbocycles. The van der Waals surface area contributed by atoms with Gasteiger partial charge in [-0.3, -0.25) is 19.1 Å². The number of hydrogen-bond acceptors (Lipinski definition) is 5. The molecule has 2 heterocycles. The molecule has 2 aromatic heterocycles. The molecular weight excluding hydrogens is 372 g/mol. The van der Waals surface area contributed by atoms with Gasteiger partial charge >= 0.3 is 0 Å². The van der Waals surface area contributed by atoms with Gasteiger partial charge in [0.05, 0.1) is 28.5 Å². The smallest absolute Gasteiger partial charge is 0.266 e. The van der Waals surface area contributed by atoms with Crippen molar-refractivity contribution in [3.8, 4) is 5.69 Å². The van der Waals surface area contributed by atoms with Crippen molar-refractivity contribution in [3.63, 3.8) is 0 Å². The summed E-state index contributed by atoms with van der Waals surface area (Å²) in [5.41, 5.74) is 1.98. The van der Waals surface area contributed by atoms with Gasteiger partial charge in [0, 0.05) is 19.3 Å². The number of benzene rings is 1. The van der Waals surface area contributed by atoms with Gasteiger partial charge in [0.15, 0.2) is 5.16 Å². The summed E-state index contributed by atoms with van der Waals surface area (Å²) in [7, 11) is 0. The lowest BCUT2D eigenvalue weighted by Gasteiger charge is -2.21. The van der Waals surface area contributed by atoms with Gasteiger partial charge in [-0.05, 0) is 38.1 Å². The third-order valence-electron chi connectivity index (χ3n) is 4.17. The SMILES string of the molecule is C=C(C)CN(CC)C(=O)CSc1nc2ccccc2c(=O)n1-c1cccnc1. The zero-order valence-corrected chi connectivity index (χ0v) is 16.8. The lowest BCUT2D eigenvalue weighted by molar-refractivity contribution is -0.127. The number of aromatic nitrogens is 3. The van der Waals surface area contributed by atoms with Gasteiger partial charge in [-0.15, -0.1) is 0 Å². The number of hydrogen-bond donors (Lipinski definition) is 0. The van der Waals surface area contributed by atoms with E-state index in [2.05, 4.69) is 16.5 Å². The normalized spacial score (nSPS) is 10.8. The van der Waals surface area contributed by atoms with Crippen LogP contribution in [0.5, 0.6) is 0 Å². The van der Waals surface area contributed by atoms with Crippen molar-refractivity contribution >= 4 is 28.6 Å². The van der Waals surface area contributed by atoms with Crippen molar-refractivity contribution in [2.75, 3.05) is 18.8 Å². The highest BCUT2D eigenvalue weighted by atomic mass is 32.2. The summed E-state index contributed by atoms with van der Waals surface area (Å²) in [4.78, 5) is 36.2. The minimum Gasteiger partial charge on any atom is -0.338 e. The third-order valence-corrected chi connectivity index (χ3v) is 5.09. The number of carbonyl (C=O) groups is 1. The van der Waals surface area contributed by atoms with Crippen molar-refractivity contribution < 1.29 is 4.79 Å². The molecular formula is C21H22N4O2S. The van der Waals surface area contributed by atoms with E-state index in [4.69, 9.17) is 0 Å². The summed E-state index contributed by atoms with van der Waals surface area (Å²) >= 11 is 1.25. The van der Waals surface area contributed by atoms with Crippen molar-refractivity contribution in [1.29, 1.82) is 0 Å². The lowest BCUT2D eigenvalue weighted by Crippen LogP contribution is -2.33. The van der Waals surface area contributed by atoms with Gasteiger partial charge < -0.3 is 4.90 Å². The minimum atomic E-state index is -0.178. The molecule has 1 amide bonds. The molecule has 0 bridgehead atoms. The molecule has 0 aliphatic carbocycles. The molecule has 144 valence electrons. The van der Waals surface area contributed by atoms with Gasteiger partial charge in [-0.2, -0.15) is 0 Å². The van der Waals surface area contributed by atoms with E-state index in [0.29, 0.717) is 34.8 Å². The van der Waals surface area contributed by atoms with Crippen LogP contribution in [0.2, 0.25) is 0 Å². The van der Waals surface area contributed by atoms with Crippen LogP contribution in [-0.2, 0) is 4.79 Å². The Hall–Kier alpha value is -2.93. The van der Waals surface area contributed by atoms with E-state index >= 15 is 0 Å². The van der Waals surface area contributed by atoms with E-state index < -0.39 is 0 Å². The molecule has 0 saturated heterocycles. The Morgan fingerprint density at radius 1 is 1.25 bits per heavy atom. The molecule has 0 saturated carbocycles. The number of fused-ring (bicyclic) bond motifs is 1. The molecule has 0 spiro atoms. The Labute approximate surface area is 167 Å². The average molecular weight is 395 g/mol. The van der Waals surface area contributed by atoms with Crippen LogP contribution in [0.3, 0.4) is 0 Å². The van der Waals surface area contributed by atoms with Crippen LogP contribution in [0.15, 0.2) is 70.9 Å². The summed E-state index contributed by atoms with van der Waals surface area (Å²) in [5.74, 6) is 0.169. The summed E-state index contributed by atoms with van der Waals surface area (Å²) < 4.78 is 1.52. The quantitative estimate of drug-likeness (QED) is 0.349. The second kappa shape index (κ2) is 8.84. The number of pyridine rings is 1. The molecule has 0 fully saturated rings. The Morgan fingerprint density at radius 3 is 2.71 bits per heavy atom. The molecule has 3 aromatic rings. The minimum absolute atomic E-state index is 0.0179. The number of amides is 1. The zero-order chi connectivity index (χ0) is 20.1. The van der Waals surface area contributed by atoms with E-state index in [1.807, 2.05) is 26.0 Å². The topological polar surface area (TPSA) is 68.1 Å². The first-order chi connectivity index (χ1) is 13.5. The first kappa shape index (κ1) is 19.8. The molecule has 0 atom stereocenters. The van der Waals surface area contributed by atoms with Crippen LogP contribution in [0.4, 0.5) is 0 Å². The van der Waals surface area contributed by atoms with E-state index in [0.717, 1.165) is 5.57 Å².